The molecule has 0 aliphatic heterocycles. The third-order valence-electron chi connectivity index (χ3n) is 4.50. The molecule has 0 spiro atoms. The van der Waals surface area contributed by atoms with Gasteiger partial charge in [0.15, 0.2) is 15.8 Å². The molecule has 142 valence electrons. The molecule has 0 amide bonds. The number of nitrogens with one attached hydrogen (secondary N) is 1. The van der Waals surface area contributed by atoms with E-state index in [0.717, 1.165) is 12.1 Å². The van der Waals surface area contributed by atoms with E-state index in [2.05, 4.69) is 31.1 Å². The van der Waals surface area contributed by atoms with Crippen LogP contribution in [0.25, 0.3) is 0 Å². The van der Waals surface area contributed by atoms with Crippen molar-refractivity contribution in [3.8, 4) is 0 Å². The van der Waals surface area contributed by atoms with Crippen molar-refractivity contribution in [1.82, 2.24) is 5.32 Å². The summed E-state index contributed by atoms with van der Waals surface area (Å²) in [6, 6.07) is 7.14. The number of hydrogen-bond acceptors (Lipinski definition) is 3. The molecule has 2 rings (SSSR count). The molecule has 0 heterocycles. The lowest BCUT2D eigenvalue weighted by atomic mass is 9.86. The lowest BCUT2D eigenvalue weighted by molar-refractivity contribution is 0.326. The number of benzene rings is 1. The van der Waals surface area contributed by atoms with E-state index in [1.165, 1.54) is 19.3 Å². The molecule has 1 saturated carbocycles. The molecule has 7 heteroatoms. The van der Waals surface area contributed by atoms with Crippen LogP contribution in [0.15, 0.2) is 34.2 Å². The highest BCUT2D eigenvalue weighted by Crippen LogP contribution is 2.26. The van der Waals surface area contributed by atoms with Crippen molar-refractivity contribution >= 4 is 39.8 Å². The van der Waals surface area contributed by atoms with Gasteiger partial charge in [0.05, 0.1) is 10.6 Å². The molecular weight excluding hydrogens is 449 g/mol. The molecule has 1 aromatic rings. The number of sulfone groups is 1. The van der Waals surface area contributed by atoms with Crippen molar-refractivity contribution in [3.63, 3.8) is 0 Å². The Morgan fingerprint density at radius 2 is 1.84 bits per heavy atom. The van der Waals surface area contributed by atoms with Gasteiger partial charge in [-0.25, -0.2) is 8.42 Å². The fraction of sp³-hybridized carbons (Fsp3) is 0.611. The fourth-order valence-electron chi connectivity index (χ4n) is 2.55. The molecule has 0 saturated heterocycles. The van der Waals surface area contributed by atoms with Crippen molar-refractivity contribution in [3.05, 3.63) is 29.8 Å². The van der Waals surface area contributed by atoms with E-state index in [4.69, 9.17) is 5.73 Å². The molecule has 3 N–H and O–H groups in total. The Kier molecular flexibility index (Phi) is 8.18. The zero-order valence-corrected chi connectivity index (χ0v) is 18.4. The van der Waals surface area contributed by atoms with Crippen molar-refractivity contribution < 1.29 is 8.42 Å². The minimum atomic E-state index is -3.32. The highest BCUT2D eigenvalue weighted by Gasteiger charge is 2.18. The smallest absolute Gasteiger partial charge is 0.188 e. The summed E-state index contributed by atoms with van der Waals surface area (Å²) in [7, 11) is -3.32. The average molecular weight is 479 g/mol. The molecule has 0 radical (unpaired) electrons. The lowest BCUT2D eigenvalue weighted by Gasteiger charge is -2.23. The second kappa shape index (κ2) is 9.21. The van der Waals surface area contributed by atoms with Gasteiger partial charge in [-0.3, -0.25) is 4.99 Å². The van der Waals surface area contributed by atoms with Crippen molar-refractivity contribution in [2.24, 2.45) is 16.6 Å². The zero-order valence-electron chi connectivity index (χ0n) is 15.3. The minimum absolute atomic E-state index is 0. The van der Waals surface area contributed by atoms with Crippen molar-refractivity contribution in [1.29, 1.82) is 0 Å². The molecule has 5 nitrogen and oxygen atoms in total. The Morgan fingerprint density at radius 1 is 1.24 bits per heavy atom. The van der Waals surface area contributed by atoms with Crippen LogP contribution in [-0.2, 0) is 15.3 Å². The first kappa shape index (κ1) is 22.2. The maximum absolute atomic E-state index is 12.4. The minimum Gasteiger partial charge on any atom is -0.370 e. The van der Waals surface area contributed by atoms with Gasteiger partial charge in [-0.2, -0.15) is 0 Å². The molecule has 25 heavy (non-hydrogen) atoms. The standard InChI is InChI=1S/C18H29N3O2S.HI/c1-18(2,3)15-7-9-16(10-8-15)24(22,23)12-11-20-17(19)21-13-14-5-4-6-14;/h7-10,14H,4-6,11-13H2,1-3H3,(H3,19,20,21);1H. The highest BCUT2D eigenvalue weighted by atomic mass is 127. The van der Waals surface area contributed by atoms with Crippen LogP contribution in [0.3, 0.4) is 0 Å². The summed E-state index contributed by atoms with van der Waals surface area (Å²) in [6.07, 6.45) is 3.71. The fourth-order valence-corrected chi connectivity index (χ4v) is 3.71. The van der Waals surface area contributed by atoms with Crippen LogP contribution in [-0.4, -0.2) is 33.2 Å². The molecule has 0 atom stereocenters. The molecule has 0 aromatic heterocycles. The number of nitrogens with zero attached hydrogens (tertiary/aromatic N) is 1. The number of guanidine groups is 1. The van der Waals surface area contributed by atoms with Gasteiger partial charge >= 0.3 is 0 Å². The van der Waals surface area contributed by atoms with E-state index in [-0.39, 0.29) is 41.7 Å². The Morgan fingerprint density at radius 3 is 2.32 bits per heavy atom. The maximum Gasteiger partial charge on any atom is 0.188 e. The molecule has 1 aromatic carbocycles. The predicted molar refractivity (Wildman–Crippen MR) is 114 cm³/mol. The van der Waals surface area contributed by atoms with Crippen LogP contribution in [0.4, 0.5) is 0 Å². The maximum atomic E-state index is 12.4. The summed E-state index contributed by atoms with van der Waals surface area (Å²) >= 11 is 0. The molecule has 1 aliphatic carbocycles. The van der Waals surface area contributed by atoms with Crippen molar-refractivity contribution in [2.75, 3.05) is 18.8 Å². The summed E-state index contributed by atoms with van der Waals surface area (Å²) in [5.74, 6) is 0.984. The van der Waals surface area contributed by atoms with E-state index in [1.54, 1.807) is 12.1 Å². The topological polar surface area (TPSA) is 84.5 Å². The second-order valence-corrected chi connectivity index (χ2v) is 9.65. The van der Waals surface area contributed by atoms with Gasteiger partial charge in [0, 0.05) is 13.1 Å². The van der Waals surface area contributed by atoms with Gasteiger partial charge in [-0.15, -0.1) is 24.0 Å². The van der Waals surface area contributed by atoms with Crippen LogP contribution in [0, 0.1) is 5.92 Å². The molecule has 1 aliphatic rings. The van der Waals surface area contributed by atoms with Gasteiger partial charge in [-0.05, 0) is 41.9 Å². The van der Waals surface area contributed by atoms with Crippen LogP contribution in [0.5, 0.6) is 0 Å². The first-order valence-corrected chi connectivity index (χ1v) is 10.2. The van der Waals surface area contributed by atoms with Crippen LogP contribution < -0.4 is 11.1 Å². The van der Waals surface area contributed by atoms with Crippen LogP contribution >= 0.6 is 24.0 Å². The van der Waals surface area contributed by atoms with Crippen LogP contribution in [0.1, 0.15) is 45.6 Å². The number of aliphatic imine (C=N–C) groups is 1. The highest BCUT2D eigenvalue weighted by molar-refractivity contribution is 14.0. The number of nitrogens with two attached hydrogens (primary N) is 1. The Bertz CT molecular complexity index is 675. The van der Waals surface area contributed by atoms with E-state index in [9.17, 15) is 8.42 Å². The Balaban J connectivity index is 0.00000312. The largest absolute Gasteiger partial charge is 0.370 e. The van der Waals surface area contributed by atoms with Crippen LogP contribution in [0.2, 0.25) is 0 Å². The Labute approximate surface area is 168 Å². The van der Waals surface area contributed by atoms with Gasteiger partial charge in [-0.1, -0.05) is 39.3 Å². The number of rotatable bonds is 6. The predicted octanol–water partition coefficient (Wildman–Crippen LogP) is 3.08. The monoisotopic (exact) mass is 479 g/mol. The van der Waals surface area contributed by atoms with Gasteiger partial charge < -0.3 is 11.1 Å². The first-order valence-electron chi connectivity index (χ1n) is 8.55. The SMILES string of the molecule is CC(C)(C)c1ccc(S(=O)(=O)CCNC(N)=NCC2CCC2)cc1.I. The quantitative estimate of drug-likeness (QED) is 0.373. The third kappa shape index (κ3) is 6.77. The summed E-state index contributed by atoms with van der Waals surface area (Å²) in [4.78, 5) is 4.61. The summed E-state index contributed by atoms with van der Waals surface area (Å²) in [5.41, 5.74) is 6.91. The first-order chi connectivity index (χ1) is 11.2. The Hall–Kier alpha value is -0.830. The van der Waals surface area contributed by atoms with Gasteiger partial charge in [0.25, 0.3) is 0 Å². The number of hydrogen-bond donors (Lipinski definition) is 2. The molecule has 0 unspecified atom stereocenters. The van der Waals surface area contributed by atoms with E-state index in [0.29, 0.717) is 16.8 Å². The van der Waals surface area contributed by atoms with E-state index < -0.39 is 9.84 Å². The molecular formula is C18H30IN3O2S. The third-order valence-corrected chi connectivity index (χ3v) is 6.23. The summed E-state index contributed by atoms with van der Waals surface area (Å²) in [6.45, 7) is 7.31. The normalized spacial score (nSPS) is 16.0. The zero-order chi connectivity index (χ0) is 17.8. The van der Waals surface area contributed by atoms with E-state index >= 15 is 0 Å². The van der Waals surface area contributed by atoms with Gasteiger partial charge in [0.1, 0.15) is 0 Å². The number of halogens is 1. The summed E-state index contributed by atoms with van der Waals surface area (Å²) in [5, 5.41) is 2.90. The second-order valence-electron chi connectivity index (χ2n) is 7.54. The lowest BCUT2D eigenvalue weighted by Crippen LogP contribution is -2.36. The molecule has 0 bridgehead atoms. The van der Waals surface area contributed by atoms with Gasteiger partial charge in [0.2, 0.25) is 0 Å². The molecule has 1 fully saturated rings. The van der Waals surface area contributed by atoms with E-state index in [1.807, 2.05) is 12.1 Å². The summed E-state index contributed by atoms with van der Waals surface area (Å²) < 4.78 is 24.8. The average Bonchev–Trinajstić information content (AvgIpc) is 2.44. The van der Waals surface area contributed by atoms with Crippen molar-refractivity contribution in [2.45, 2.75) is 50.3 Å².